The zero-order valence-corrected chi connectivity index (χ0v) is 13.6. The minimum atomic E-state index is -3.27. The molecule has 118 valence electrons. The van der Waals surface area contributed by atoms with Crippen LogP contribution in [0.25, 0.3) is 0 Å². The van der Waals surface area contributed by atoms with E-state index in [1.54, 1.807) is 0 Å². The molecule has 1 aliphatic carbocycles. The summed E-state index contributed by atoms with van der Waals surface area (Å²) in [5.41, 5.74) is 1.73. The fourth-order valence-electron chi connectivity index (χ4n) is 2.24. The molecule has 0 atom stereocenters. The van der Waals surface area contributed by atoms with Gasteiger partial charge in [0.15, 0.2) is 0 Å². The summed E-state index contributed by atoms with van der Waals surface area (Å²) in [4.78, 5) is 2.22. The molecule has 0 aliphatic heterocycles. The summed E-state index contributed by atoms with van der Waals surface area (Å²) >= 11 is 0. The largest absolute Gasteiger partial charge is 0.372 e. The first-order valence-electron chi connectivity index (χ1n) is 7.63. The van der Waals surface area contributed by atoms with Crippen molar-refractivity contribution in [3.05, 3.63) is 24.3 Å². The van der Waals surface area contributed by atoms with Crippen LogP contribution in [0.2, 0.25) is 0 Å². The molecule has 0 spiro atoms. The number of anilines is 2. The molecule has 0 radical (unpaired) electrons. The van der Waals surface area contributed by atoms with E-state index in [2.05, 4.69) is 28.8 Å². The predicted molar refractivity (Wildman–Crippen MR) is 88.4 cm³/mol. The molecule has 0 unspecified atom stereocenters. The first-order chi connectivity index (χ1) is 10.0. The van der Waals surface area contributed by atoms with Crippen LogP contribution >= 0.6 is 0 Å². The van der Waals surface area contributed by atoms with Crippen molar-refractivity contribution in [2.45, 2.75) is 32.7 Å². The Labute approximate surface area is 127 Å². The van der Waals surface area contributed by atoms with E-state index in [-0.39, 0.29) is 5.75 Å². The van der Waals surface area contributed by atoms with Crippen LogP contribution in [0.3, 0.4) is 0 Å². The minimum absolute atomic E-state index is 0.112. The van der Waals surface area contributed by atoms with Crippen molar-refractivity contribution < 1.29 is 8.42 Å². The summed E-state index contributed by atoms with van der Waals surface area (Å²) in [5.74, 6) is 0.112. The summed E-state index contributed by atoms with van der Waals surface area (Å²) in [6.07, 6.45) is 2.33. The molecule has 0 heterocycles. The Bertz CT molecular complexity index is 535. The first kappa shape index (κ1) is 16.1. The normalized spacial score (nSPS) is 15.0. The van der Waals surface area contributed by atoms with Crippen molar-refractivity contribution in [1.82, 2.24) is 5.32 Å². The molecule has 1 aliphatic rings. The van der Waals surface area contributed by atoms with Crippen LogP contribution in [0.4, 0.5) is 11.4 Å². The van der Waals surface area contributed by atoms with Gasteiger partial charge in [-0.3, -0.25) is 4.72 Å². The van der Waals surface area contributed by atoms with E-state index < -0.39 is 10.0 Å². The average molecular weight is 311 g/mol. The highest BCUT2D eigenvalue weighted by atomic mass is 32.2. The molecule has 0 bridgehead atoms. The second-order valence-corrected chi connectivity index (χ2v) is 7.21. The lowest BCUT2D eigenvalue weighted by molar-refractivity contribution is 0.595. The van der Waals surface area contributed by atoms with Gasteiger partial charge in [0, 0.05) is 37.1 Å². The van der Waals surface area contributed by atoms with E-state index in [1.807, 2.05) is 24.3 Å². The minimum Gasteiger partial charge on any atom is -0.372 e. The maximum Gasteiger partial charge on any atom is 0.233 e. The fourth-order valence-corrected chi connectivity index (χ4v) is 3.23. The first-order valence-corrected chi connectivity index (χ1v) is 9.28. The van der Waals surface area contributed by atoms with Crippen molar-refractivity contribution in [3.63, 3.8) is 0 Å². The standard InChI is InChI=1S/C15H25N3O2S/c1-3-18(4-2)15-9-7-14(8-10-15)17-21(19,20)12-11-16-13-5-6-13/h7-10,13,16-17H,3-6,11-12H2,1-2H3. The van der Waals surface area contributed by atoms with Gasteiger partial charge in [0.1, 0.15) is 0 Å². The number of nitrogens with one attached hydrogen (secondary N) is 2. The second kappa shape index (κ2) is 7.13. The van der Waals surface area contributed by atoms with Gasteiger partial charge < -0.3 is 10.2 Å². The Hall–Kier alpha value is -1.27. The molecular weight excluding hydrogens is 286 g/mol. The van der Waals surface area contributed by atoms with E-state index in [1.165, 1.54) is 12.8 Å². The monoisotopic (exact) mass is 311 g/mol. The lowest BCUT2D eigenvalue weighted by Gasteiger charge is -2.21. The van der Waals surface area contributed by atoms with Crippen molar-refractivity contribution in [2.75, 3.05) is 35.0 Å². The summed E-state index contributed by atoms with van der Waals surface area (Å²) < 4.78 is 26.6. The lowest BCUT2D eigenvalue weighted by atomic mass is 10.2. The summed E-state index contributed by atoms with van der Waals surface area (Å²) in [6.45, 7) is 6.60. The Morgan fingerprint density at radius 1 is 1.14 bits per heavy atom. The zero-order chi connectivity index (χ0) is 15.3. The smallest absolute Gasteiger partial charge is 0.233 e. The molecule has 1 aromatic rings. The maximum atomic E-state index is 12.0. The molecule has 0 aromatic heterocycles. The Morgan fingerprint density at radius 2 is 1.76 bits per heavy atom. The number of hydrogen-bond donors (Lipinski definition) is 2. The van der Waals surface area contributed by atoms with Gasteiger partial charge in [0.25, 0.3) is 0 Å². The molecule has 2 N–H and O–H groups in total. The van der Waals surface area contributed by atoms with Crippen LogP contribution in [-0.2, 0) is 10.0 Å². The van der Waals surface area contributed by atoms with Crippen LogP contribution in [-0.4, -0.2) is 39.8 Å². The van der Waals surface area contributed by atoms with Crippen molar-refractivity contribution in [1.29, 1.82) is 0 Å². The van der Waals surface area contributed by atoms with Crippen molar-refractivity contribution in [2.24, 2.45) is 0 Å². The highest BCUT2D eigenvalue weighted by Gasteiger charge is 2.21. The third-order valence-corrected chi connectivity index (χ3v) is 4.94. The second-order valence-electron chi connectivity index (χ2n) is 5.37. The Kier molecular flexibility index (Phi) is 5.47. The van der Waals surface area contributed by atoms with Gasteiger partial charge in [-0.15, -0.1) is 0 Å². The van der Waals surface area contributed by atoms with Gasteiger partial charge in [-0.05, 0) is 51.0 Å². The number of sulfonamides is 1. The molecule has 1 fully saturated rings. The fraction of sp³-hybridized carbons (Fsp3) is 0.600. The molecule has 6 heteroatoms. The van der Waals surface area contributed by atoms with Crippen LogP contribution in [0.5, 0.6) is 0 Å². The Morgan fingerprint density at radius 3 is 2.29 bits per heavy atom. The maximum absolute atomic E-state index is 12.0. The predicted octanol–water partition coefficient (Wildman–Crippen LogP) is 2.03. The summed E-state index contributed by atoms with van der Waals surface area (Å²) in [5, 5.41) is 3.21. The lowest BCUT2D eigenvalue weighted by Crippen LogP contribution is -2.28. The average Bonchev–Trinajstić information content (AvgIpc) is 3.25. The SMILES string of the molecule is CCN(CC)c1ccc(NS(=O)(=O)CCNC2CC2)cc1. The molecular formula is C15H25N3O2S. The van der Waals surface area contributed by atoms with Gasteiger partial charge in [-0.1, -0.05) is 0 Å². The molecule has 1 saturated carbocycles. The number of nitrogens with zero attached hydrogens (tertiary/aromatic N) is 1. The summed E-state index contributed by atoms with van der Waals surface area (Å²) in [6, 6.07) is 8.08. The van der Waals surface area contributed by atoms with Crippen molar-refractivity contribution in [3.8, 4) is 0 Å². The van der Waals surface area contributed by atoms with E-state index in [9.17, 15) is 8.42 Å². The van der Waals surface area contributed by atoms with E-state index in [0.717, 1.165) is 18.8 Å². The topological polar surface area (TPSA) is 61.4 Å². The number of hydrogen-bond acceptors (Lipinski definition) is 4. The number of rotatable bonds is 9. The van der Waals surface area contributed by atoms with Gasteiger partial charge in [0.05, 0.1) is 5.75 Å². The third kappa shape index (κ3) is 5.21. The van der Waals surface area contributed by atoms with Crippen molar-refractivity contribution >= 4 is 21.4 Å². The number of benzene rings is 1. The molecule has 2 rings (SSSR count). The molecule has 0 amide bonds. The van der Waals surface area contributed by atoms with Crippen LogP contribution in [0, 0.1) is 0 Å². The molecule has 21 heavy (non-hydrogen) atoms. The van der Waals surface area contributed by atoms with Gasteiger partial charge in [-0.25, -0.2) is 8.42 Å². The summed E-state index contributed by atoms with van der Waals surface area (Å²) in [7, 11) is -3.27. The zero-order valence-electron chi connectivity index (χ0n) is 12.8. The van der Waals surface area contributed by atoms with E-state index in [4.69, 9.17) is 0 Å². The van der Waals surface area contributed by atoms with E-state index in [0.29, 0.717) is 18.3 Å². The highest BCUT2D eigenvalue weighted by molar-refractivity contribution is 7.92. The quantitative estimate of drug-likeness (QED) is 0.732. The third-order valence-electron chi connectivity index (χ3n) is 3.65. The highest BCUT2D eigenvalue weighted by Crippen LogP contribution is 2.19. The van der Waals surface area contributed by atoms with Crippen LogP contribution in [0.15, 0.2) is 24.3 Å². The molecule has 0 saturated heterocycles. The van der Waals surface area contributed by atoms with Crippen LogP contribution in [0.1, 0.15) is 26.7 Å². The molecule has 5 nitrogen and oxygen atoms in total. The Balaban J connectivity index is 1.88. The van der Waals surface area contributed by atoms with Gasteiger partial charge >= 0.3 is 0 Å². The van der Waals surface area contributed by atoms with Crippen LogP contribution < -0.4 is 14.9 Å². The van der Waals surface area contributed by atoms with Gasteiger partial charge in [0.2, 0.25) is 10.0 Å². The van der Waals surface area contributed by atoms with E-state index >= 15 is 0 Å². The van der Waals surface area contributed by atoms with Gasteiger partial charge in [-0.2, -0.15) is 0 Å². The molecule has 1 aromatic carbocycles.